The minimum absolute atomic E-state index is 0.0392. The van der Waals surface area contributed by atoms with E-state index in [-0.39, 0.29) is 11.8 Å². The lowest BCUT2D eigenvalue weighted by Crippen LogP contribution is -3.22. The fraction of sp³-hybridized carbons (Fsp3) is 0.400. The van der Waals surface area contributed by atoms with Gasteiger partial charge in [0.1, 0.15) is 11.8 Å². The first-order valence-electron chi connectivity index (χ1n) is 8.66. The number of carbonyl (C=O) groups excluding carboxylic acids is 1. The molecule has 3 aliphatic heterocycles. The quantitative estimate of drug-likeness (QED) is 0.692. The molecular weight excluding hydrogens is 300 g/mol. The summed E-state index contributed by atoms with van der Waals surface area (Å²) in [6.45, 7) is 5.06. The van der Waals surface area contributed by atoms with Crippen LogP contribution in [0.25, 0.3) is 10.9 Å². The van der Waals surface area contributed by atoms with Crippen molar-refractivity contribution in [1.82, 2.24) is 4.98 Å². The minimum Gasteiger partial charge on any atom is -0.497 e. The Hall–Kier alpha value is -2.20. The van der Waals surface area contributed by atoms with E-state index in [1.165, 1.54) is 17.7 Å². The molecule has 4 nitrogen and oxygen atoms in total. The molecule has 0 saturated carbocycles. The van der Waals surface area contributed by atoms with E-state index in [1.54, 1.807) is 13.3 Å². The fourth-order valence-electron chi connectivity index (χ4n) is 4.49. The van der Waals surface area contributed by atoms with Crippen LogP contribution in [0.1, 0.15) is 29.6 Å². The average molecular weight is 323 g/mol. The summed E-state index contributed by atoms with van der Waals surface area (Å²) in [4.78, 5) is 19.1. The van der Waals surface area contributed by atoms with Crippen molar-refractivity contribution in [3.05, 3.63) is 48.7 Å². The molecule has 1 N–H and O–H groups in total. The molecule has 1 aromatic heterocycles. The second-order valence-electron chi connectivity index (χ2n) is 6.95. The number of fused-ring (bicyclic) bond motifs is 4. The first kappa shape index (κ1) is 15.3. The van der Waals surface area contributed by atoms with E-state index in [0.29, 0.717) is 12.0 Å². The van der Waals surface area contributed by atoms with Crippen molar-refractivity contribution in [1.29, 1.82) is 0 Å². The zero-order valence-electron chi connectivity index (χ0n) is 14.0. The number of carbonyl (C=O) groups is 1. The van der Waals surface area contributed by atoms with Crippen LogP contribution >= 0.6 is 0 Å². The minimum atomic E-state index is 0.0392. The lowest BCUT2D eigenvalue weighted by molar-refractivity contribution is -0.950. The van der Waals surface area contributed by atoms with Crippen LogP contribution in [0.5, 0.6) is 5.75 Å². The molecule has 5 rings (SSSR count). The Balaban J connectivity index is 1.74. The highest BCUT2D eigenvalue weighted by atomic mass is 16.5. The first-order valence-corrected chi connectivity index (χ1v) is 8.66. The molecule has 3 aliphatic rings. The third kappa shape index (κ3) is 2.42. The summed E-state index contributed by atoms with van der Waals surface area (Å²) in [6.07, 6.45) is 7.17. The first-order chi connectivity index (χ1) is 11.7. The van der Waals surface area contributed by atoms with E-state index >= 15 is 0 Å². The summed E-state index contributed by atoms with van der Waals surface area (Å²) in [6, 6.07) is 8.03. The molecule has 1 unspecified atom stereocenters. The third-order valence-corrected chi connectivity index (χ3v) is 5.74. The Bertz CT molecular complexity index is 801. The van der Waals surface area contributed by atoms with Crippen molar-refractivity contribution in [3.63, 3.8) is 0 Å². The Morgan fingerprint density at radius 2 is 2.25 bits per heavy atom. The van der Waals surface area contributed by atoms with Crippen molar-refractivity contribution in [2.24, 2.45) is 5.92 Å². The number of quaternary nitrogens is 1. The topological polar surface area (TPSA) is 43.6 Å². The fourth-order valence-corrected chi connectivity index (χ4v) is 4.49. The molecule has 0 radical (unpaired) electrons. The van der Waals surface area contributed by atoms with Gasteiger partial charge in [-0.1, -0.05) is 6.58 Å². The maximum atomic E-state index is 13.3. The molecule has 2 bridgehead atoms. The maximum Gasteiger partial charge on any atom is 0.220 e. The molecule has 24 heavy (non-hydrogen) atoms. The van der Waals surface area contributed by atoms with E-state index in [1.807, 2.05) is 30.3 Å². The molecule has 4 atom stereocenters. The highest BCUT2D eigenvalue weighted by molar-refractivity contribution is 6.09. The van der Waals surface area contributed by atoms with Crippen LogP contribution in [0.2, 0.25) is 0 Å². The van der Waals surface area contributed by atoms with Crippen LogP contribution in [-0.2, 0) is 0 Å². The van der Waals surface area contributed by atoms with Crippen LogP contribution in [0.3, 0.4) is 0 Å². The van der Waals surface area contributed by atoms with Crippen LogP contribution in [-0.4, -0.2) is 36.5 Å². The second kappa shape index (κ2) is 6.02. The van der Waals surface area contributed by atoms with Gasteiger partial charge in [0.25, 0.3) is 0 Å². The van der Waals surface area contributed by atoms with Gasteiger partial charge in [0.05, 0.1) is 19.2 Å². The Morgan fingerprint density at radius 1 is 1.38 bits per heavy atom. The van der Waals surface area contributed by atoms with Crippen LogP contribution < -0.4 is 9.64 Å². The van der Waals surface area contributed by atoms with Crippen LogP contribution in [0.15, 0.2) is 43.1 Å². The van der Waals surface area contributed by atoms with E-state index < -0.39 is 0 Å². The molecule has 0 amide bonds. The molecule has 3 fully saturated rings. The molecule has 3 saturated heterocycles. The van der Waals surface area contributed by atoms with Crippen molar-refractivity contribution < 1.29 is 14.4 Å². The number of rotatable bonds is 4. The van der Waals surface area contributed by atoms with E-state index in [9.17, 15) is 4.79 Å². The van der Waals surface area contributed by atoms with Gasteiger partial charge in [-0.25, -0.2) is 0 Å². The van der Waals surface area contributed by atoms with Crippen LogP contribution in [0, 0.1) is 5.92 Å². The Kier molecular flexibility index (Phi) is 3.85. The highest BCUT2D eigenvalue weighted by Gasteiger charge is 2.46. The maximum absolute atomic E-state index is 13.3. The molecule has 124 valence electrons. The van der Waals surface area contributed by atoms with E-state index in [4.69, 9.17) is 4.74 Å². The number of nitrogens with zero attached hydrogens (tertiary/aromatic N) is 1. The van der Waals surface area contributed by atoms with Crippen molar-refractivity contribution >= 4 is 16.7 Å². The van der Waals surface area contributed by atoms with Crippen molar-refractivity contribution in [2.45, 2.75) is 31.3 Å². The van der Waals surface area contributed by atoms with E-state index in [2.05, 4.69) is 11.6 Å². The largest absolute Gasteiger partial charge is 0.497 e. The highest BCUT2D eigenvalue weighted by Crippen LogP contribution is 2.29. The smallest absolute Gasteiger partial charge is 0.220 e. The normalized spacial score (nSPS) is 28.7. The summed E-state index contributed by atoms with van der Waals surface area (Å²) in [5.41, 5.74) is 1.61. The Labute approximate surface area is 142 Å². The number of ether oxygens (including phenoxy) is 1. The van der Waals surface area contributed by atoms with Crippen LogP contribution in [0.4, 0.5) is 0 Å². The van der Waals surface area contributed by atoms with Gasteiger partial charge in [-0.15, -0.1) is 0 Å². The molecule has 0 spiro atoms. The molecule has 0 aliphatic carbocycles. The Morgan fingerprint density at radius 3 is 3.00 bits per heavy atom. The number of piperidine rings is 3. The summed E-state index contributed by atoms with van der Waals surface area (Å²) in [5.74, 6) is 1.65. The lowest BCUT2D eigenvalue weighted by atomic mass is 9.76. The molecule has 1 aromatic carbocycles. The zero-order chi connectivity index (χ0) is 16.7. The average Bonchev–Trinajstić information content (AvgIpc) is 2.66. The van der Waals surface area contributed by atoms with Crippen molar-refractivity contribution in [3.8, 4) is 5.75 Å². The summed E-state index contributed by atoms with van der Waals surface area (Å²) in [5, 5.41) is 0.888. The lowest BCUT2D eigenvalue weighted by Gasteiger charge is -2.45. The predicted molar refractivity (Wildman–Crippen MR) is 93.6 cm³/mol. The van der Waals surface area contributed by atoms with E-state index in [0.717, 1.165) is 35.2 Å². The van der Waals surface area contributed by atoms with Gasteiger partial charge in [0.2, 0.25) is 5.78 Å². The molecule has 4 heteroatoms. The number of hydrogen-bond donors (Lipinski definition) is 1. The molecular formula is C20H23N2O2+. The number of hydrogen-bond acceptors (Lipinski definition) is 3. The number of aromatic nitrogens is 1. The molecule has 2 aromatic rings. The second-order valence-corrected chi connectivity index (χ2v) is 6.95. The monoisotopic (exact) mass is 323 g/mol. The van der Waals surface area contributed by atoms with Crippen molar-refractivity contribution in [2.75, 3.05) is 13.7 Å². The zero-order valence-corrected chi connectivity index (χ0v) is 14.0. The van der Waals surface area contributed by atoms with Gasteiger partial charge in [-0.05, 0) is 42.7 Å². The summed E-state index contributed by atoms with van der Waals surface area (Å²) >= 11 is 0. The van der Waals surface area contributed by atoms with Gasteiger partial charge in [0, 0.05) is 30.0 Å². The standard InChI is InChI=1S/C20H22N2O2/c1-3-14-10-13-7-9-22(14)19(11-13)20(23)16-6-8-21-18-5-4-15(24-2)12-17(16)18/h3-6,8,12-14,19H,1,7,9-11H2,2H3/p+1/t13-,14-,19-/m1/s1. The molecule has 4 heterocycles. The van der Waals surface area contributed by atoms with Gasteiger partial charge in [0.15, 0.2) is 6.04 Å². The number of ketones is 1. The number of benzene rings is 1. The SMILES string of the molecule is C=C[C@@H]1C[C@H]2CC[NH+]1[C@@H](C(=O)c1ccnc3ccc(OC)cc13)C2. The number of Topliss-reactive ketones (excluding diaryl/α,β-unsaturated/α-hetero) is 1. The van der Waals surface area contributed by atoms with Gasteiger partial charge in [-0.2, -0.15) is 0 Å². The van der Waals surface area contributed by atoms with Gasteiger partial charge >= 0.3 is 0 Å². The summed E-state index contributed by atoms with van der Waals surface area (Å²) < 4.78 is 5.33. The van der Waals surface area contributed by atoms with Gasteiger partial charge < -0.3 is 9.64 Å². The number of pyridine rings is 1. The van der Waals surface area contributed by atoms with Gasteiger partial charge in [-0.3, -0.25) is 9.78 Å². The predicted octanol–water partition coefficient (Wildman–Crippen LogP) is 2.05. The number of nitrogens with one attached hydrogen (secondary N) is 1. The third-order valence-electron chi connectivity index (χ3n) is 5.74. The number of methoxy groups -OCH3 is 1. The summed E-state index contributed by atoms with van der Waals surface area (Å²) in [7, 11) is 1.64.